The van der Waals surface area contributed by atoms with Gasteiger partial charge in [0.2, 0.25) is 0 Å². The van der Waals surface area contributed by atoms with E-state index in [1.807, 2.05) is 11.8 Å². The summed E-state index contributed by atoms with van der Waals surface area (Å²) >= 11 is 2.01. The van der Waals surface area contributed by atoms with Crippen LogP contribution in [0.1, 0.15) is 51.9 Å². The van der Waals surface area contributed by atoms with E-state index < -0.39 is 0 Å². The van der Waals surface area contributed by atoms with Crippen LogP contribution < -0.4 is 10.6 Å². The molecule has 0 unspecified atom stereocenters. The molecule has 2 N–H and O–H groups in total. The number of nitrogens with zero attached hydrogens (tertiary/aromatic N) is 1. The van der Waals surface area contributed by atoms with Crippen molar-refractivity contribution >= 4 is 17.8 Å². The summed E-state index contributed by atoms with van der Waals surface area (Å²) < 4.78 is 0. The average Bonchev–Trinajstić information content (AvgIpc) is 3.26. The minimum atomic E-state index is 0.0541. The summed E-state index contributed by atoms with van der Waals surface area (Å²) in [4.78, 5) is 14.8. The van der Waals surface area contributed by atoms with Gasteiger partial charge in [-0.3, -0.25) is 0 Å². The lowest BCUT2D eigenvalue weighted by Crippen LogP contribution is -2.49. The van der Waals surface area contributed by atoms with E-state index >= 15 is 0 Å². The first-order chi connectivity index (χ1) is 10.8. The molecule has 1 aliphatic heterocycles. The van der Waals surface area contributed by atoms with Crippen molar-refractivity contribution in [1.29, 1.82) is 0 Å². The highest BCUT2D eigenvalue weighted by molar-refractivity contribution is 7.99. The third-order valence-corrected chi connectivity index (χ3v) is 6.66. The molecule has 3 atom stereocenters. The first-order valence-corrected chi connectivity index (χ1v) is 10.2. The molecule has 126 valence electrons. The van der Waals surface area contributed by atoms with Crippen LogP contribution in [0.25, 0.3) is 0 Å². The zero-order valence-electron chi connectivity index (χ0n) is 13.9. The fourth-order valence-electron chi connectivity index (χ4n) is 3.93. The van der Waals surface area contributed by atoms with Crippen molar-refractivity contribution in [2.24, 2.45) is 5.92 Å². The molecule has 5 heteroatoms. The molecule has 22 heavy (non-hydrogen) atoms. The summed E-state index contributed by atoms with van der Waals surface area (Å²) in [5, 5.41) is 6.98. The van der Waals surface area contributed by atoms with Crippen molar-refractivity contribution in [3.8, 4) is 0 Å². The van der Waals surface area contributed by atoms with Crippen molar-refractivity contribution in [1.82, 2.24) is 15.5 Å². The maximum Gasteiger partial charge on any atom is 0.315 e. The van der Waals surface area contributed by atoms with Crippen LogP contribution in [0.2, 0.25) is 0 Å². The Balaban J connectivity index is 1.36. The Morgan fingerprint density at radius 3 is 2.77 bits per heavy atom. The Hall–Kier alpha value is -0.420. The van der Waals surface area contributed by atoms with Crippen molar-refractivity contribution in [3.05, 3.63) is 0 Å². The van der Waals surface area contributed by atoms with Gasteiger partial charge in [-0.25, -0.2) is 4.79 Å². The van der Waals surface area contributed by atoms with Crippen LogP contribution in [0.15, 0.2) is 0 Å². The molecule has 4 nitrogen and oxygen atoms in total. The Morgan fingerprint density at radius 2 is 2.00 bits per heavy atom. The Morgan fingerprint density at radius 1 is 1.18 bits per heavy atom. The Labute approximate surface area is 139 Å². The SMILES string of the molecule is CCS[C@@H]1CCCC[C@@H]1NC(=O)NC[C@@H]1CCN(C2CC2)C1. The molecule has 0 bridgehead atoms. The van der Waals surface area contributed by atoms with Crippen LogP contribution >= 0.6 is 11.8 Å². The fourth-order valence-corrected chi connectivity index (χ4v) is 5.13. The van der Waals surface area contributed by atoms with Crippen LogP contribution in [0.3, 0.4) is 0 Å². The van der Waals surface area contributed by atoms with E-state index in [9.17, 15) is 4.79 Å². The normalized spacial score (nSPS) is 32.9. The van der Waals surface area contributed by atoms with Gasteiger partial charge >= 0.3 is 6.03 Å². The highest BCUT2D eigenvalue weighted by atomic mass is 32.2. The summed E-state index contributed by atoms with van der Waals surface area (Å²) in [6.07, 6.45) is 8.99. The molecular weight excluding hydrogens is 294 g/mol. The van der Waals surface area contributed by atoms with Gasteiger partial charge in [-0.15, -0.1) is 0 Å². The molecule has 2 amide bonds. The van der Waals surface area contributed by atoms with Gasteiger partial charge < -0.3 is 15.5 Å². The van der Waals surface area contributed by atoms with E-state index in [2.05, 4.69) is 22.5 Å². The third-order valence-electron chi connectivity index (χ3n) is 5.33. The summed E-state index contributed by atoms with van der Waals surface area (Å²) in [6.45, 7) is 5.47. The van der Waals surface area contributed by atoms with E-state index in [0.717, 1.165) is 24.8 Å². The van der Waals surface area contributed by atoms with Gasteiger partial charge in [0, 0.05) is 30.4 Å². The van der Waals surface area contributed by atoms with E-state index in [1.54, 1.807) is 0 Å². The second-order valence-electron chi connectivity index (χ2n) is 7.12. The number of carbonyl (C=O) groups is 1. The lowest BCUT2D eigenvalue weighted by molar-refractivity contribution is 0.231. The fraction of sp³-hybridized carbons (Fsp3) is 0.941. The molecule has 3 rings (SSSR count). The molecule has 0 radical (unpaired) electrons. The number of urea groups is 1. The molecule has 0 spiro atoms. The number of hydrogen-bond donors (Lipinski definition) is 2. The number of likely N-dealkylation sites (tertiary alicyclic amines) is 1. The lowest BCUT2D eigenvalue weighted by atomic mass is 9.95. The lowest BCUT2D eigenvalue weighted by Gasteiger charge is -2.31. The monoisotopic (exact) mass is 325 g/mol. The second kappa shape index (κ2) is 7.91. The van der Waals surface area contributed by atoms with Gasteiger partial charge in [0.15, 0.2) is 0 Å². The minimum absolute atomic E-state index is 0.0541. The van der Waals surface area contributed by atoms with Gasteiger partial charge in [-0.1, -0.05) is 19.8 Å². The quantitative estimate of drug-likeness (QED) is 0.789. The average molecular weight is 326 g/mol. The molecule has 1 saturated heterocycles. The molecule has 2 saturated carbocycles. The summed E-state index contributed by atoms with van der Waals surface area (Å²) in [6, 6.07) is 1.29. The van der Waals surface area contributed by atoms with Crippen LogP contribution in [0.5, 0.6) is 0 Å². The maximum atomic E-state index is 12.2. The van der Waals surface area contributed by atoms with Crippen LogP contribution in [-0.2, 0) is 0 Å². The van der Waals surface area contributed by atoms with Gasteiger partial charge in [-0.05, 0) is 50.3 Å². The number of hydrogen-bond acceptors (Lipinski definition) is 3. The van der Waals surface area contributed by atoms with Gasteiger partial charge in [0.25, 0.3) is 0 Å². The van der Waals surface area contributed by atoms with E-state index in [-0.39, 0.29) is 6.03 Å². The molecule has 1 heterocycles. The molecule has 0 aromatic heterocycles. The smallest absolute Gasteiger partial charge is 0.315 e. The van der Waals surface area contributed by atoms with Gasteiger partial charge in [-0.2, -0.15) is 11.8 Å². The third kappa shape index (κ3) is 4.54. The molecule has 3 aliphatic rings. The Kier molecular flexibility index (Phi) is 5.91. The second-order valence-corrected chi connectivity index (χ2v) is 8.64. The predicted octanol–water partition coefficient (Wildman–Crippen LogP) is 2.83. The molecule has 3 fully saturated rings. The predicted molar refractivity (Wildman–Crippen MR) is 93.4 cm³/mol. The topological polar surface area (TPSA) is 44.4 Å². The van der Waals surface area contributed by atoms with Gasteiger partial charge in [0.05, 0.1) is 0 Å². The molecule has 0 aromatic rings. The number of amides is 2. The van der Waals surface area contributed by atoms with Crippen LogP contribution in [0.4, 0.5) is 4.79 Å². The molecular formula is C17H31N3OS. The first kappa shape index (κ1) is 16.4. The van der Waals surface area contributed by atoms with Crippen molar-refractivity contribution in [3.63, 3.8) is 0 Å². The van der Waals surface area contributed by atoms with Crippen LogP contribution in [-0.4, -0.2) is 53.7 Å². The first-order valence-electron chi connectivity index (χ1n) is 9.16. The molecule has 2 aliphatic carbocycles. The zero-order valence-corrected chi connectivity index (χ0v) is 14.7. The number of nitrogens with one attached hydrogen (secondary N) is 2. The standard InChI is InChI=1S/C17H31N3OS/c1-2-22-16-6-4-3-5-15(16)19-17(21)18-11-13-9-10-20(12-13)14-7-8-14/h13-16H,2-12H2,1H3,(H2,18,19,21)/t13-,15-,16+/m0/s1. The van der Waals surface area contributed by atoms with Crippen molar-refractivity contribution in [2.75, 3.05) is 25.4 Å². The largest absolute Gasteiger partial charge is 0.338 e. The minimum Gasteiger partial charge on any atom is -0.338 e. The number of thioether (sulfide) groups is 1. The highest BCUT2D eigenvalue weighted by Gasteiger charge is 2.34. The van der Waals surface area contributed by atoms with Crippen molar-refractivity contribution < 1.29 is 4.79 Å². The van der Waals surface area contributed by atoms with Crippen molar-refractivity contribution in [2.45, 2.75) is 69.2 Å². The number of carbonyl (C=O) groups excluding carboxylic acids is 1. The zero-order chi connectivity index (χ0) is 15.4. The maximum absolute atomic E-state index is 12.2. The Bertz CT molecular complexity index is 373. The summed E-state index contributed by atoms with van der Waals surface area (Å²) in [7, 11) is 0. The highest BCUT2D eigenvalue weighted by Crippen LogP contribution is 2.31. The van der Waals surface area contributed by atoms with Gasteiger partial charge in [0.1, 0.15) is 0 Å². The molecule has 0 aromatic carbocycles. The van der Waals surface area contributed by atoms with E-state index in [1.165, 1.54) is 51.6 Å². The van der Waals surface area contributed by atoms with E-state index in [0.29, 0.717) is 17.2 Å². The van der Waals surface area contributed by atoms with E-state index in [4.69, 9.17) is 0 Å². The number of rotatable bonds is 6. The van der Waals surface area contributed by atoms with Crippen LogP contribution in [0, 0.1) is 5.92 Å². The summed E-state index contributed by atoms with van der Waals surface area (Å²) in [5.41, 5.74) is 0. The summed E-state index contributed by atoms with van der Waals surface area (Å²) in [5.74, 6) is 1.79.